The molecule has 0 bridgehead atoms. The third-order valence-corrected chi connectivity index (χ3v) is 5.07. The molecule has 172 valence electrons. The molecule has 0 aliphatic carbocycles. The van der Waals surface area contributed by atoms with Crippen LogP contribution in [0.2, 0.25) is 0 Å². The number of esters is 2. The lowest BCUT2D eigenvalue weighted by Gasteiger charge is -2.15. The Morgan fingerprint density at radius 2 is 1.82 bits per heavy atom. The number of fused-ring (bicyclic) bond motifs is 1. The minimum Gasteiger partial charge on any atom is -0.494 e. The van der Waals surface area contributed by atoms with Crippen molar-refractivity contribution in [3.63, 3.8) is 0 Å². The van der Waals surface area contributed by atoms with E-state index in [0.29, 0.717) is 47.5 Å². The van der Waals surface area contributed by atoms with Crippen molar-refractivity contribution >= 4 is 22.9 Å². The van der Waals surface area contributed by atoms with E-state index < -0.39 is 17.6 Å². The van der Waals surface area contributed by atoms with Gasteiger partial charge in [0.25, 0.3) is 0 Å². The molecule has 0 saturated heterocycles. The van der Waals surface area contributed by atoms with Crippen molar-refractivity contribution in [2.45, 2.75) is 39.2 Å². The highest BCUT2D eigenvalue weighted by molar-refractivity contribution is 5.92. The summed E-state index contributed by atoms with van der Waals surface area (Å²) in [7, 11) is 0. The molecule has 0 radical (unpaired) electrons. The molecule has 0 spiro atoms. The first kappa shape index (κ1) is 23.8. The molecule has 0 aliphatic rings. The number of hydrogen-bond acceptors (Lipinski definition) is 7. The minimum absolute atomic E-state index is 0.161. The van der Waals surface area contributed by atoms with Gasteiger partial charge in [0, 0.05) is 17.5 Å². The van der Waals surface area contributed by atoms with Gasteiger partial charge in [0.1, 0.15) is 23.2 Å². The zero-order valence-electron chi connectivity index (χ0n) is 18.7. The van der Waals surface area contributed by atoms with E-state index in [1.165, 1.54) is 6.07 Å². The zero-order chi connectivity index (χ0) is 23.8. The summed E-state index contributed by atoms with van der Waals surface area (Å²) in [5.74, 6) is 0.0490. The van der Waals surface area contributed by atoms with E-state index in [1.54, 1.807) is 49.4 Å². The van der Waals surface area contributed by atoms with Crippen molar-refractivity contribution < 1.29 is 28.2 Å². The number of hydrogen-bond donors (Lipinski definition) is 0. The van der Waals surface area contributed by atoms with Crippen molar-refractivity contribution in [1.29, 1.82) is 0 Å². The molecule has 3 rings (SSSR count). The number of rotatable bonds is 10. The lowest BCUT2D eigenvalue weighted by atomic mass is 10.1. The van der Waals surface area contributed by atoms with Crippen LogP contribution in [0.5, 0.6) is 11.5 Å². The molecule has 1 heterocycles. The highest BCUT2D eigenvalue weighted by Crippen LogP contribution is 2.23. The van der Waals surface area contributed by atoms with Crippen LogP contribution >= 0.6 is 0 Å². The summed E-state index contributed by atoms with van der Waals surface area (Å²) in [4.78, 5) is 35.3. The molecule has 0 saturated carbocycles. The molecule has 2 aromatic carbocycles. The van der Waals surface area contributed by atoms with Crippen LogP contribution in [0, 0.1) is 6.92 Å². The maximum Gasteiger partial charge on any atom is 0.343 e. The monoisotopic (exact) mass is 450 g/mol. The predicted molar refractivity (Wildman–Crippen MR) is 124 cm³/mol. The van der Waals surface area contributed by atoms with Crippen LogP contribution in [-0.2, 0) is 9.53 Å². The SMILES string of the molecule is C=CC(=O)OC(CC)CCCOc1ccc(C(=O)Oc2ccc3oc(=O)cc(C)c3c2)cc1. The van der Waals surface area contributed by atoms with Crippen LogP contribution in [0.1, 0.15) is 42.1 Å². The van der Waals surface area contributed by atoms with Crippen molar-refractivity contribution in [3.05, 3.63) is 82.7 Å². The predicted octanol–water partition coefficient (Wildman–Crippen LogP) is 4.99. The van der Waals surface area contributed by atoms with Gasteiger partial charge in [0.2, 0.25) is 0 Å². The standard InChI is InChI=1S/C26H26O7/c1-4-19(31-24(27)5-2)7-6-14-30-20-10-8-18(9-11-20)26(29)32-21-12-13-23-22(16-21)17(3)15-25(28)33-23/h5,8-13,15-16,19H,2,4,6-7,14H2,1,3H3. The highest BCUT2D eigenvalue weighted by Gasteiger charge is 2.12. The first-order valence-electron chi connectivity index (χ1n) is 10.7. The molecule has 7 heteroatoms. The molecule has 1 aromatic heterocycles. The Morgan fingerprint density at radius 3 is 2.52 bits per heavy atom. The quantitative estimate of drug-likeness (QED) is 0.141. The van der Waals surface area contributed by atoms with Gasteiger partial charge in [-0.1, -0.05) is 13.5 Å². The molecular weight excluding hydrogens is 424 g/mol. The van der Waals surface area contributed by atoms with Crippen molar-refractivity contribution in [2.24, 2.45) is 0 Å². The summed E-state index contributed by atoms with van der Waals surface area (Å²) in [6.45, 7) is 7.60. The molecule has 3 aromatic rings. The molecular formula is C26H26O7. The van der Waals surface area contributed by atoms with Gasteiger partial charge in [-0.2, -0.15) is 0 Å². The third-order valence-electron chi connectivity index (χ3n) is 5.07. The lowest BCUT2D eigenvalue weighted by Crippen LogP contribution is -2.16. The summed E-state index contributed by atoms with van der Waals surface area (Å²) >= 11 is 0. The molecule has 0 fully saturated rings. The van der Waals surface area contributed by atoms with Gasteiger partial charge in [0.05, 0.1) is 12.2 Å². The average molecular weight is 450 g/mol. The van der Waals surface area contributed by atoms with Gasteiger partial charge in [-0.25, -0.2) is 14.4 Å². The van der Waals surface area contributed by atoms with Crippen LogP contribution < -0.4 is 15.1 Å². The topological polar surface area (TPSA) is 92.0 Å². The van der Waals surface area contributed by atoms with E-state index in [4.69, 9.17) is 18.6 Å². The Kier molecular flexibility index (Phi) is 8.02. The minimum atomic E-state index is -0.509. The van der Waals surface area contributed by atoms with Crippen molar-refractivity contribution in [2.75, 3.05) is 6.61 Å². The molecule has 0 amide bonds. The molecule has 33 heavy (non-hydrogen) atoms. The van der Waals surface area contributed by atoms with E-state index in [9.17, 15) is 14.4 Å². The van der Waals surface area contributed by atoms with E-state index in [2.05, 4.69) is 6.58 Å². The number of benzene rings is 2. The van der Waals surface area contributed by atoms with Crippen LogP contribution in [0.4, 0.5) is 0 Å². The fourth-order valence-electron chi connectivity index (χ4n) is 3.28. The summed E-state index contributed by atoms with van der Waals surface area (Å²) in [5.41, 5.74) is 1.13. The van der Waals surface area contributed by atoms with Crippen LogP contribution in [0.3, 0.4) is 0 Å². The molecule has 1 unspecified atom stereocenters. The van der Waals surface area contributed by atoms with Crippen molar-refractivity contribution in [3.8, 4) is 11.5 Å². The molecule has 0 N–H and O–H groups in total. The first-order chi connectivity index (χ1) is 15.9. The fourth-order valence-corrected chi connectivity index (χ4v) is 3.28. The van der Waals surface area contributed by atoms with E-state index in [1.807, 2.05) is 6.92 Å². The van der Waals surface area contributed by atoms with Crippen LogP contribution in [0.25, 0.3) is 11.0 Å². The number of aryl methyl sites for hydroxylation is 1. The number of carbonyl (C=O) groups excluding carboxylic acids is 2. The smallest absolute Gasteiger partial charge is 0.343 e. The van der Waals surface area contributed by atoms with E-state index in [-0.39, 0.29) is 6.10 Å². The van der Waals surface area contributed by atoms with Gasteiger partial charge in [0.15, 0.2) is 0 Å². The maximum absolute atomic E-state index is 12.5. The summed E-state index contributed by atoms with van der Waals surface area (Å²) in [6, 6.07) is 12.9. The molecule has 1 atom stereocenters. The summed E-state index contributed by atoms with van der Waals surface area (Å²) in [5, 5.41) is 0.702. The van der Waals surface area contributed by atoms with Gasteiger partial charge in [-0.15, -0.1) is 0 Å². The third kappa shape index (κ3) is 6.55. The second-order valence-corrected chi connectivity index (χ2v) is 7.48. The maximum atomic E-state index is 12.5. The van der Waals surface area contributed by atoms with Gasteiger partial charge in [-0.05, 0) is 74.2 Å². The summed E-state index contributed by atoms with van der Waals surface area (Å²) < 4.78 is 21.6. The molecule has 7 nitrogen and oxygen atoms in total. The van der Waals surface area contributed by atoms with Crippen molar-refractivity contribution in [1.82, 2.24) is 0 Å². The number of carbonyl (C=O) groups is 2. The number of ether oxygens (including phenoxy) is 3. The van der Waals surface area contributed by atoms with E-state index in [0.717, 1.165) is 18.1 Å². The second kappa shape index (κ2) is 11.1. The van der Waals surface area contributed by atoms with Crippen LogP contribution in [-0.4, -0.2) is 24.6 Å². The zero-order valence-corrected chi connectivity index (χ0v) is 18.7. The van der Waals surface area contributed by atoms with Gasteiger partial charge >= 0.3 is 17.6 Å². The fraction of sp³-hybridized carbons (Fsp3) is 0.269. The van der Waals surface area contributed by atoms with Gasteiger partial charge in [-0.3, -0.25) is 0 Å². The Morgan fingerprint density at radius 1 is 1.09 bits per heavy atom. The average Bonchev–Trinajstić information content (AvgIpc) is 2.81. The Labute approximate surface area is 191 Å². The molecule has 0 aliphatic heterocycles. The second-order valence-electron chi connectivity index (χ2n) is 7.48. The Hall–Kier alpha value is -3.87. The van der Waals surface area contributed by atoms with Gasteiger partial charge < -0.3 is 18.6 Å². The Bertz CT molecular complexity index is 1190. The highest BCUT2D eigenvalue weighted by atomic mass is 16.5. The first-order valence-corrected chi connectivity index (χ1v) is 10.7. The largest absolute Gasteiger partial charge is 0.494 e. The lowest BCUT2D eigenvalue weighted by molar-refractivity contribution is -0.143. The Balaban J connectivity index is 1.53. The van der Waals surface area contributed by atoms with E-state index >= 15 is 0 Å². The van der Waals surface area contributed by atoms with Crippen LogP contribution in [0.15, 0.2) is 70.4 Å². The normalized spacial score (nSPS) is 11.6. The summed E-state index contributed by atoms with van der Waals surface area (Å²) in [6.07, 6.45) is 3.13.